The summed E-state index contributed by atoms with van der Waals surface area (Å²) < 4.78 is 48.0. The van der Waals surface area contributed by atoms with Gasteiger partial charge in [0.1, 0.15) is 24.9 Å². The molecule has 14 atom stereocenters. The number of esters is 3. The van der Waals surface area contributed by atoms with Crippen molar-refractivity contribution in [2.24, 2.45) is 52.3 Å². The molecule has 17 nitrogen and oxygen atoms in total. The average molecular weight is 1390 g/mol. The van der Waals surface area contributed by atoms with Gasteiger partial charge in [-0.2, -0.15) is 0 Å². The topological polar surface area (TPSA) is 212 Å². The number of alkyl carbamates (subject to hydrolysis) is 1. The molecule has 1 heterocycles. The SMILES string of the molecule is CCCCCCCC/C=C\CCCCCCCCNC(=O)O[C@@H]1CC[C@@]2(C)C(CCC3C2CC[C@@]2(C)C3CC[C@@H]2[C@H](C)CCC(=O)NCCCCCC(=O)NCCOCCOCCO[C@H]2OC(COC(=O)c3ccccc3)[C@@H](OC(=O)c3ccccc3)[C@H](OC(=O)c3ccccc3)C2C)C1. The fraction of sp³-hybridized carbons (Fsp3) is 0.687. The predicted molar refractivity (Wildman–Crippen MR) is 389 cm³/mol. The number of hydrogen-bond donors (Lipinski definition) is 3. The van der Waals surface area contributed by atoms with Gasteiger partial charge in [0.25, 0.3) is 0 Å². The molecule has 0 aromatic heterocycles. The summed E-state index contributed by atoms with van der Waals surface area (Å²) in [5.41, 5.74) is 1.55. The first kappa shape index (κ1) is 79.6. The van der Waals surface area contributed by atoms with Crippen molar-refractivity contribution in [2.45, 2.75) is 252 Å². The number of rotatable bonds is 44. The summed E-state index contributed by atoms with van der Waals surface area (Å²) in [4.78, 5) is 78.9. The molecule has 0 radical (unpaired) electrons. The number of nitrogens with one attached hydrogen (secondary N) is 3. The minimum Gasteiger partial charge on any atom is -0.459 e. The molecular formula is C83H123N3O14. The standard InChI is InChI=1S/C83H123N3O14/c1-6-7-8-9-10-11-12-13-14-15-16-17-18-19-20-32-52-86-81(92)97-67-47-49-82(4)66(59-67)42-43-68-70-45-44-69(83(70,5)50-48-71(68)82)61(2)41-46-74(88)84-51-33-24-31-40-73(87)85-53-54-93-55-56-94-57-58-95-80-62(3)75(99-78(90)64-36-27-22-28-37-64)76(100-79(91)65-38-29-23-30-39-65)72(98-80)60-96-77(89)63-34-25-21-26-35-63/h13-14,21-23,25-30,34-39,61-62,66-72,75-76,80H,6-12,15-20,24,31-33,40-60H2,1-5H3,(H,84,88)(H,85,87)(H,86,92)/b14-13-/t61-,62?,66?,67-,68?,69-,70?,71?,72?,75-,76-,80+,82+,83-/m1/s1. The van der Waals surface area contributed by atoms with Crippen LogP contribution in [0.5, 0.6) is 0 Å². The first-order chi connectivity index (χ1) is 48.7. The van der Waals surface area contributed by atoms with Crippen LogP contribution < -0.4 is 16.0 Å². The van der Waals surface area contributed by atoms with Crippen LogP contribution in [0.3, 0.4) is 0 Å². The molecule has 0 spiro atoms. The van der Waals surface area contributed by atoms with Crippen molar-refractivity contribution in [3.63, 3.8) is 0 Å². The highest BCUT2D eigenvalue weighted by atomic mass is 16.7. The van der Waals surface area contributed by atoms with Gasteiger partial charge in [0, 0.05) is 38.4 Å². The third kappa shape index (κ3) is 24.8. The molecule has 17 heteroatoms. The molecule has 3 aromatic carbocycles. The van der Waals surface area contributed by atoms with Crippen LogP contribution in [0.15, 0.2) is 103 Å². The Morgan fingerprint density at radius 1 is 0.540 bits per heavy atom. The Bertz CT molecular complexity index is 2920. The van der Waals surface area contributed by atoms with E-state index in [1.807, 2.05) is 0 Å². The minimum atomic E-state index is -1.19. The van der Waals surface area contributed by atoms with Crippen molar-refractivity contribution in [1.82, 2.24) is 16.0 Å². The number of amides is 3. The normalized spacial score (nSPS) is 26.5. The van der Waals surface area contributed by atoms with Gasteiger partial charge in [-0.3, -0.25) is 9.59 Å². The Balaban J connectivity index is 0.634. The van der Waals surface area contributed by atoms with E-state index in [1.54, 1.807) is 97.9 Å². The average Bonchev–Trinajstić information content (AvgIpc) is 1.40. The first-order valence-corrected chi connectivity index (χ1v) is 39.0. The molecule has 4 saturated carbocycles. The van der Waals surface area contributed by atoms with Crippen LogP contribution in [0, 0.1) is 52.3 Å². The molecule has 5 aliphatic rings. The van der Waals surface area contributed by atoms with Crippen LogP contribution in [-0.2, 0) is 47.5 Å². The van der Waals surface area contributed by atoms with Gasteiger partial charge >= 0.3 is 24.0 Å². The van der Waals surface area contributed by atoms with Crippen LogP contribution in [0.2, 0.25) is 0 Å². The number of carbonyl (C=O) groups excluding carboxylic acids is 6. The summed E-state index contributed by atoms with van der Waals surface area (Å²) in [6.45, 7) is 14.1. The Kier molecular flexibility index (Phi) is 34.3. The van der Waals surface area contributed by atoms with Crippen molar-refractivity contribution in [1.29, 1.82) is 0 Å². The Hall–Kier alpha value is -6.14. The molecule has 3 amide bonds. The van der Waals surface area contributed by atoms with E-state index in [-0.39, 0.29) is 56.0 Å². The lowest BCUT2D eigenvalue weighted by Crippen LogP contribution is -2.58. The third-order valence-corrected chi connectivity index (χ3v) is 23.1. The highest BCUT2D eigenvalue weighted by molar-refractivity contribution is 5.91. The monoisotopic (exact) mass is 1390 g/mol. The zero-order chi connectivity index (χ0) is 70.8. The highest BCUT2D eigenvalue weighted by Crippen LogP contribution is 2.68. The molecule has 3 N–H and O–H groups in total. The molecule has 1 aliphatic heterocycles. The van der Waals surface area contributed by atoms with Gasteiger partial charge in [-0.15, -0.1) is 0 Å². The van der Waals surface area contributed by atoms with Crippen molar-refractivity contribution in [2.75, 3.05) is 59.3 Å². The second-order valence-corrected chi connectivity index (χ2v) is 30.0. The number of fused-ring (bicyclic) bond motifs is 5. The lowest BCUT2D eigenvalue weighted by molar-refractivity contribution is -0.282. The van der Waals surface area contributed by atoms with E-state index >= 15 is 0 Å². The van der Waals surface area contributed by atoms with Crippen LogP contribution in [-0.4, -0.2) is 126 Å². The van der Waals surface area contributed by atoms with E-state index in [9.17, 15) is 28.8 Å². The maximum Gasteiger partial charge on any atom is 0.407 e. The van der Waals surface area contributed by atoms with Crippen molar-refractivity contribution in [3.05, 3.63) is 120 Å². The quantitative estimate of drug-likeness (QED) is 0.0208. The Morgan fingerprint density at radius 2 is 1.08 bits per heavy atom. The van der Waals surface area contributed by atoms with Crippen molar-refractivity contribution in [3.8, 4) is 0 Å². The van der Waals surface area contributed by atoms with E-state index in [1.165, 1.54) is 116 Å². The first-order valence-electron chi connectivity index (χ1n) is 39.0. The molecule has 554 valence electrons. The van der Waals surface area contributed by atoms with E-state index in [2.05, 4.69) is 55.8 Å². The molecule has 0 bridgehead atoms. The summed E-state index contributed by atoms with van der Waals surface area (Å²) in [6, 6.07) is 25.4. The highest BCUT2D eigenvalue weighted by Gasteiger charge is 2.61. The van der Waals surface area contributed by atoms with Crippen LogP contribution in [0.1, 0.15) is 252 Å². The molecule has 3 aromatic rings. The largest absolute Gasteiger partial charge is 0.459 e. The zero-order valence-electron chi connectivity index (χ0n) is 61.3. The van der Waals surface area contributed by atoms with Gasteiger partial charge in [0.15, 0.2) is 12.4 Å². The summed E-state index contributed by atoms with van der Waals surface area (Å²) in [7, 11) is 0. The van der Waals surface area contributed by atoms with E-state index in [4.69, 9.17) is 37.9 Å². The Labute approximate surface area is 598 Å². The molecular weight excluding hydrogens is 1260 g/mol. The lowest BCUT2D eigenvalue weighted by atomic mass is 9.44. The molecule has 6 unspecified atom stereocenters. The minimum absolute atomic E-state index is 0.0274. The number of carbonyl (C=O) groups is 6. The fourth-order valence-corrected chi connectivity index (χ4v) is 17.4. The maximum absolute atomic E-state index is 13.6. The van der Waals surface area contributed by atoms with E-state index in [0.717, 1.165) is 75.5 Å². The van der Waals surface area contributed by atoms with E-state index in [0.29, 0.717) is 85.4 Å². The van der Waals surface area contributed by atoms with Gasteiger partial charge in [0.2, 0.25) is 11.8 Å². The van der Waals surface area contributed by atoms with Gasteiger partial charge in [-0.1, -0.05) is 166 Å². The van der Waals surface area contributed by atoms with Crippen molar-refractivity contribution < 1.29 is 66.7 Å². The molecule has 1 saturated heterocycles. The van der Waals surface area contributed by atoms with Crippen LogP contribution >= 0.6 is 0 Å². The second kappa shape index (κ2) is 43.1. The number of hydrogen-bond acceptors (Lipinski definition) is 14. The lowest BCUT2D eigenvalue weighted by Gasteiger charge is -2.61. The van der Waals surface area contributed by atoms with Crippen molar-refractivity contribution >= 4 is 35.8 Å². The van der Waals surface area contributed by atoms with E-state index < -0.39 is 48.4 Å². The van der Waals surface area contributed by atoms with Gasteiger partial charge in [-0.25, -0.2) is 19.2 Å². The molecule has 4 aliphatic carbocycles. The van der Waals surface area contributed by atoms with Crippen LogP contribution in [0.4, 0.5) is 4.79 Å². The van der Waals surface area contributed by atoms with Gasteiger partial charge in [-0.05, 0) is 192 Å². The summed E-state index contributed by atoms with van der Waals surface area (Å²) in [5, 5.41) is 9.18. The number of benzene rings is 3. The number of unbranched alkanes of at least 4 members (excludes halogenated alkanes) is 14. The molecule has 100 heavy (non-hydrogen) atoms. The smallest absolute Gasteiger partial charge is 0.407 e. The zero-order valence-corrected chi connectivity index (χ0v) is 61.3. The third-order valence-electron chi connectivity index (χ3n) is 23.1. The summed E-state index contributed by atoms with van der Waals surface area (Å²) in [5.74, 6) is 1.56. The molecule has 5 fully saturated rings. The summed E-state index contributed by atoms with van der Waals surface area (Å²) >= 11 is 0. The fourth-order valence-electron chi connectivity index (χ4n) is 17.4. The second-order valence-electron chi connectivity index (χ2n) is 30.0. The maximum atomic E-state index is 13.6. The predicted octanol–water partition coefficient (Wildman–Crippen LogP) is 16.7. The Morgan fingerprint density at radius 3 is 1.74 bits per heavy atom. The van der Waals surface area contributed by atoms with Crippen LogP contribution in [0.25, 0.3) is 0 Å². The summed E-state index contributed by atoms with van der Waals surface area (Å²) in [6.07, 6.45) is 33.3. The van der Waals surface area contributed by atoms with Gasteiger partial charge in [0.05, 0.1) is 49.7 Å². The number of allylic oxidation sites excluding steroid dienone is 2. The van der Waals surface area contributed by atoms with Gasteiger partial charge < -0.3 is 53.8 Å². The molecule has 8 rings (SSSR count). The number of ether oxygens (including phenoxy) is 8.